The van der Waals surface area contributed by atoms with Crippen LogP contribution in [-0.2, 0) is 14.8 Å². The number of carbonyl (C=O) groups excluding carboxylic acids is 1. The lowest BCUT2D eigenvalue weighted by Gasteiger charge is -2.10. The molecule has 3 aromatic carbocycles. The van der Waals surface area contributed by atoms with Crippen LogP contribution in [0.3, 0.4) is 0 Å². The lowest BCUT2D eigenvalue weighted by Crippen LogP contribution is -2.14. The molecule has 0 heterocycles. The molecule has 0 unspecified atom stereocenters. The number of hydrogen-bond acceptors (Lipinski definition) is 5. The summed E-state index contributed by atoms with van der Waals surface area (Å²) in [5, 5.41) is 18.9. The monoisotopic (exact) mass is 407 g/mol. The fourth-order valence-corrected chi connectivity index (χ4v) is 3.34. The molecule has 8 heteroatoms. The largest absolute Gasteiger partial charge is 0.496 e. The van der Waals surface area contributed by atoms with Crippen LogP contribution in [0, 0.1) is 11.3 Å². The minimum atomic E-state index is -3.83. The van der Waals surface area contributed by atoms with E-state index < -0.39 is 15.9 Å². The summed E-state index contributed by atoms with van der Waals surface area (Å²) < 4.78 is 28.0. The zero-order valence-corrected chi connectivity index (χ0v) is 16.2. The number of nitrogens with two attached hydrogens (primary N) is 1. The fraction of sp³-hybridized carbons (Fsp3) is 0.0476. The maximum Gasteiger partial charge on any atom is 0.266 e. The molecule has 0 saturated carbocycles. The van der Waals surface area contributed by atoms with Crippen LogP contribution in [0.15, 0.2) is 71.1 Å². The summed E-state index contributed by atoms with van der Waals surface area (Å²) in [4.78, 5) is 12.5. The van der Waals surface area contributed by atoms with E-state index in [0.29, 0.717) is 17.0 Å². The predicted molar refractivity (Wildman–Crippen MR) is 111 cm³/mol. The second-order valence-electron chi connectivity index (χ2n) is 6.10. The normalized spacial score (nSPS) is 11.7. The maximum absolute atomic E-state index is 12.6. The molecule has 0 atom stereocenters. The van der Waals surface area contributed by atoms with Crippen molar-refractivity contribution in [1.29, 1.82) is 5.26 Å². The van der Waals surface area contributed by atoms with Gasteiger partial charge in [0.25, 0.3) is 5.91 Å². The number of amides is 1. The Morgan fingerprint density at radius 2 is 1.79 bits per heavy atom. The average Bonchev–Trinajstić information content (AvgIpc) is 2.71. The number of rotatable bonds is 5. The van der Waals surface area contributed by atoms with Gasteiger partial charge in [-0.3, -0.25) is 4.79 Å². The molecule has 0 fully saturated rings. The lowest BCUT2D eigenvalue weighted by molar-refractivity contribution is -0.112. The molecule has 3 aromatic rings. The van der Waals surface area contributed by atoms with Crippen molar-refractivity contribution in [3.8, 4) is 11.8 Å². The van der Waals surface area contributed by atoms with Crippen molar-refractivity contribution in [3.63, 3.8) is 0 Å². The quantitative estimate of drug-likeness (QED) is 0.497. The summed E-state index contributed by atoms with van der Waals surface area (Å²) in [6, 6.07) is 18.4. The third-order valence-electron chi connectivity index (χ3n) is 4.25. The van der Waals surface area contributed by atoms with Crippen LogP contribution in [-0.4, -0.2) is 21.4 Å². The van der Waals surface area contributed by atoms with Gasteiger partial charge in [0.05, 0.1) is 12.0 Å². The third-order valence-corrected chi connectivity index (χ3v) is 5.17. The predicted octanol–water partition coefficient (Wildman–Crippen LogP) is 3.04. The number of ether oxygens (including phenoxy) is 1. The van der Waals surface area contributed by atoms with Crippen LogP contribution in [0.2, 0.25) is 0 Å². The number of anilines is 1. The van der Waals surface area contributed by atoms with Gasteiger partial charge in [0.15, 0.2) is 0 Å². The number of nitrogens with one attached hydrogen (secondary N) is 1. The van der Waals surface area contributed by atoms with Crippen LogP contribution >= 0.6 is 0 Å². The Morgan fingerprint density at radius 3 is 2.41 bits per heavy atom. The molecule has 29 heavy (non-hydrogen) atoms. The number of nitrogens with zero attached hydrogens (tertiary/aromatic N) is 1. The first-order chi connectivity index (χ1) is 13.8. The number of benzene rings is 3. The molecule has 0 spiro atoms. The summed E-state index contributed by atoms with van der Waals surface area (Å²) in [6.45, 7) is 0. The Hall–Kier alpha value is -3.67. The van der Waals surface area contributed by atoms with Crippen LogP contribution in [0.5, 0.6) is 5.75 Å². The molecular weight excluding hydrogens is 390 g/mol. The minimum absolute atomic E-state index is 0.0768. The SMILES string of the molecule is COc1ccc2ccccc2c1/C=C(\C#N)C(=O)Nc1ccc(S(N)(=O)=O)cc1. The van der Waals surface area contributed by atoms with E-state index in [1.807, 2.05) is 36.4 Å². The second-order valence-corrected chi connectivity index (χ2v) is 7.66. The Morgan fingerprint density at radius 1 is 1.10 bits per heavy atom. The summed E-state index contributed by atoms with van der Waals surface area (Å²) in [5.74, 6) is -0.104. The molecule has 0 saturated heterocycles. The highest BCUT2D eigenvalue weighted by atomic mass is 32.2. The maximum atomic E-state index is 12.6. The standard InChI is InChI=1S/C21H17N3O4S/c1-28-20-11-6-14-4-2-3-5-18(14)19(20)12-15(13-22)21(25)24-16-7-9-17(10-8-16)29(23,26)27/h2-12H,1H3,(H,24,25)(H2,23,26,27)/b15-12+. The molecule has 0 aliphatic heterocycles. The van der Waals surface area contributed by atoms with Crippen molar-refractivity contribution in [2.75, 3.05) is 12.4 Å². The Labute approximate surface area is 168 Å². The second kappa shape index (κ2) is 8.14. The summed E-state index contributed by atoms with van der Waals surface area (Å²) in [7, 11) is -2.31. The zero-order valence-electron chi connectivity index (χ0n) is 15.4. The highest BCUT2D eigenvalue weighted by Crippen LogP contribution is 2.30. The number of primary sulfonamides is 1. The summed E-state index contributed by atoms with van der Waals surface area (Å²) >= 11 is 0. The highest BCUT2D eigenvalue weighted by Gasteiger charge is 2.14. The number of nitriles is 1. The van der Waals surface area contributed by atoms with Crippen molar-refractivity contribution in [2.24, 2.45) is 5.14 Å². The smallest absolute Gasteiger partial charge is 0.266 e. The molecule has 0 radical (unpaired) electrons. The van der Waals surface area contributed by atoms with Crippen molar-refractivity contribution in [3.05, 3.63) is 71.8 Å². The molecule has 0 aliphatic carbocycles. The van der Waals surface area contributed by atoms with Gasteiger partial charge < -0.3 is 10.1 Å². The van der Waals surface area contributed by atoms with E-state index in [-0.39, 0.29) is 10.5 Å². The Kier molecular flexibility index (Phi) is 5.64. The van der Waals surface area contributed by atoms with Gasteiger partial charge >= 0.3 is 0 Å². The first-order valence-electron chi connectivity index (χ1n) is 8.45. The number of sulfonamides is 1. The fourth-order valence-electron chi connectivity index (χ4n) is 2.82. The van der Waals surface area contributed by atoms with Gasteiger partial charge in [0.1, 0.15) is 17.4 Å². The zero-order chi connectivity index (χ0) is 21.0. The molecule has 146 valence electrons. The van der Waals surface area contributed by atoms with E-state index in [4.69, 9.17) is 9.88 Å². The van der Waals surface area contributed by atoms with Gasteiger partial charge in [-0.2, -0.15) is 5.26 Å². The summed E-state index contributed by atoms with van der Waals surface area (Å²) in [6.07, 6.45) is 1.47. The number of methoxy groups -OCH3 is 1. The van der Waals surface area contributed by atoms with Crippen LogP contribution in [0.1, 0.15) is 5.56 Å². The molecule has 3 rings (SSSR count). The van der Waals surface area contributed by atoms with E-state index in [0.717, 1.165) is 10.8 Å². The van der Waals surface area contributed by atoms with E-state index in [1.165, 1.54) is 37.5 Å². The van der Waals surface area contributed by atoms with E-state index in [9.17, 15) is 18.5 Å². The number of fused-ring (bicyclic) bond motifs is 1. The van der Waals surface area contributed by atoms with E-state index >= 15 is 0 Å². The van der Waals surface area contributed by atoms with Crippen LogP contribution < -0.4 is 15.2 Å². The first kappa shape index (κ1) is 20.1. The molecule has 0 aromatic heterocycles. The van der Waals surface area contributed by atoms with Gasteiger partial charge in [0, 0.05) is 11.3 Å². The van der Waals surface area contributed by atoms with Crippen molar-refractivity contribution < 1.29 is 17.9 Å². The minimum Gasteiger partial charge on any atom is -0.496 e. The molecular formula is C21H17N3O4S. The van der Waals surface area contributed by atoms with Gasteiger partial charge in [0.2, 0.25) is 10.0 Å². The molecule has 7 nitrogen and oxygen atoms in total. The number of carbonyl (C=O) groups is 1. The van der Waals surface area contributed by atoms with Gasteiger partial charge in [-0.1, -0.05) is 30.3 Å². The van der Waals surface area contributed by atoms with Gasteiger partial charge in [-0.25, -0.2) is 13.6 Å². The van der Waals surface area contributed by atoms with Crippen molar-refractivity contribution in [1.82, 2.24) is 0 Å². The highest BCUT2D eigenvalue weighted by molar-refractivity contribution is 7.89. The van der Waals surface area contributed by atoms with Gasteiger partial charge in [-0.05, 0) is 47.2 Å². The summed E-state index contributed by atoms with van der Waals surface area (Å²) in [5.41, 5.74) is 0.811. The van der Waals surface area contributed by atoms with Gasteiger partial charge in [-0.15, -0.1) is 0 Å². The molecule has 3 N–H and O–H groups in total. The molecule has 0 aliphatic rings. The van der Waals surface area contributed by atoms with Crippen molar-refractivity contribution >= 4 is 38.5 Å². The number of hydrogen-bond donors (Lipinski definition) is 2. The average molecular weight is 407 g/mol. The van der Waals surface area contributed by atoms with E-state index in [2.05, 4.69) is 5.32 Å². The van der Waals surface area contributed by atoms with Crippen molar-refractivity contribution in [2.45, 2.75) is 4.90 Å². The molecule has 0 bridgehead atoms. The van der Waals surface area contributed by atoms with Crippen LogP contribution in [0.4, 0.5) is 5.69 Å². The van der Waals surface area contributed by atoms with E-state index in [1.54, 1.807) is 6.07 Å². The Bertz CT molecular complexity index is 1260. The Balaban J connectivity index is 1.96. The first-order valence-corrected chi connectivity index (χ1v) is 10.00. The lowest BCUT2D eigenvalue weighted by atomic mass is 10.0. The topological polar surface area (TPSA) is 122 Å². The van der Waals surface area contributed by atoms with Crippen LogP contribution in [0.25, 0.3) is 16.8 Å². The third kappa shape index (κ3) is 4.43. The molecule has 1 amide bonds.